The Kier molecular flexibility index (Phi) is 5.71. The van der Waals surface area contributed by atoms with Crippen molar-refractivity contribution in [2.75, 3.05) is 25.1 Å². The lowest BCUT2D eigenvalue weighted by Crippen LogP contribution is -2.27. The van der Waals surface area contributed by atoms with Gasteiger partial charge in [-0.2, -0.15) is 0 Å². The Bertz CT molecular complexity index is 753. The highest BCUT2D eigenvalue weighted by Crippen LogP contribution is 2.20. The van der Waals surface area contributed by atoms with Gasteiger partial charge >= 0.3 is 0 Å². The highest BCUT2D eigenvalue weighted by Gasteiger charge is 2.19. The first-order valence-electron chi connectivity index (χ1n) is 9.12. The molecule has 1 aliphatic heterocycles. The van der Waals surface area contributed by atoms with Crippen LogP contribution in [0.3, 0.4) is 0 Å². The molecule has 1 N–H and O–H groups in total. The van der Waals surface area contributed by atoms with Crippen LogP contribution in [-0.4, -0.2) is 36.1 Å². The second-order valence-corrected chi connectivity index (χ2v) is 6.86. The largest absolute Gasteiger partial charge is 0.497 e. The van der Waals surface area contributed by atoms with Gasteiger partial charge in [0.25, 0.3) is 5.91 Å². The first kappa shape index (κ1) is 18.2. The van der Waals surface area contributed by atoms with Gasteiger partial charge in [-0.15, -0.1) is 0 Å². The van der Waals surface area contributed by atoms with Crippen LogP contribution in [0.4, 0.5) is 5.95 Å². The number of anilines is 1. The van der Waals surface area contributed by atoms with Crippen LogP contribution in [0, 0.1) is 0 Å². The van der Waals surface area contributed by atoms with Gasteiger partial charge in [0.2, 0.25) is 5.95 Å². The van der Waals surface area contributed by atoms with Crippen LogP contribution in [0.5, 0.6) is 5.75 Å². The van der Waals surface area contributed by atoms with Crippen LogP contribution in [-0.2, 0) is 6.54 Å². The van der Waals surface area contributed by atoms with E-state index in [2.05, 4.69) is 34.0 Å². The number of nitrogens with one attached hydrogen (secondary N) is 1. The van der Waals surface area contributed by atoms with E-state index in [4.69, 9.17) is 4.74 Å². The second-order valence-electron chi connectivity index (χ2n) is 6.86. The third-order valence-electron chi connectivity index (χ3n) is 4.56. The molecular weight excluding hydrogens is 328 g/mol. The number of ether oxygens (including phenoxy) is 1. The molecule has 0 atom stereocenters. The molecule has 0 spiro atoms. The Morgan fingerprint density at radius 2 is 1.88 bits per heavy atom. The van der Waals surface area contributed by atoms with Gasteiger partial charge in [0.1, 0.15) is 11.4 Å². The molecule has 2 heterocycles. The second kappa shape index (κ2) is 8.17. The first-order valence-corrected chi connectivity index (χ1v) is 9.12. The number of carbonyl (C=O) groups excluding carboxylic acids is 1. The highest BCUT2D eigenvalue weighted by molar-refractivity contribution is 5.92. The summed E-state index contributed by atoms with van der Waals surface area (Å²) in [6.07, 6.45) is 2.29. The number of carbonyl (C=O) groups is 1. The van der Waals surface area contributed by atoms with Crippen molar-refractivity contribution in [3.05, 3.63) is 47.3 Å². The fraction of sp³-hybridized carbons (Fsp3) is 0.450. The minimum Gasteiger partial charge on any atom is -0.497 e. The third kappa shape index (κ3) is 4.31. The molecule has 1 amide bonds. The minimum absolute atomic E-state index is 0.175. The van der Waals surface area contributed by atoms with Crippen LogP contribution in [0.2, 0.25) is 0 Å². The maximum absolute atomic E-state index is 12.6. The quantitative estimate of drug-likeness (QED) is 0.863. The minimum atomic E-state index is -0.175. The summed E-state index contributed by atoms with van der Waals surface area (Å²) in [5.41, 5.74) is 2.34. The molecule has 6 heteroatoms. The molecule has 0 saturated carbocycles. The first-order chi connectivity index (χ1) is 12.6. The lowest BCUT2D eigenvalue weighted by atomic mass is 10.1. The number of methoxy groups -OCH3 is 1. The molecule has 0 unspecified atom stereocenters. The zero-order valence-electron chi connectivity index (χ0n) is 15.7. The lowest BCUT2D eigenvalue weighted by molar-refractivity contribution is 0.0945. The summed E-state index contributed by atoms with van der Waals surface area (Å²) in [4.78, 5) is 24.0. The predicted molar refractivity (Wildman–Crippen MR) is 102 cm³/mol. The summed E-state index contributed by atoms with van der Waals surface area (Å²) in [5.74, 6) is 1.54. The van der Waals surface area contributed by atoms with Crippen LogP contribution in [0.1, 0.15) is 54.4 Å². The summed E-state index contributed by atoms with van der Waals surface area (Å²) in [6, 6.07) is 9.44. The Hall–Kier alpha value is -2.63. The zero-order chi connectivity index (χ0) is 18.5. The molecule has 1 fully saturated rings. The van der Waals surface area contributed by atoms with Gasteiger partial charge in [-0.3, -0.25) is 4.79 Å². The average molecular weight is 354 g/mol. The van der Waals surface area contributed by atoms with E-state index in [9.17, 15) is 4.79 Å². The van der Waals surface area contributed by atoms with E-state index < -0.39 is 0 Å². The van der Waals surface area contributed by atoms with Crippen molar-refractivity contribution in [3.8, 4) is 5.75 Å². The van der Waals surface area contributed by atoms with Gasteiger partial charge in [-0.1, -0.05) is 26.0 Å². The maximum atomic E-state index is 12.6. The number of hydrogen-bond donors (Lipinski definition) is 1. The molecule has 3 rings (SSSR count). The van der Waals surface area contributed by atoms with Gasteiger partial charge in [-0.05, 0) is 42.5 Å². The molecule has 1 aromatic heterocycles. The van der Waals surface area contributed by atoms with Crippen LogP contribution < -0.4 is 15.0 Å². The highest BCUT2D eigenvalue weighted by atomic mass is 16.5. The normalized spacial score (nSPS) is 13.9. The van der Waals surface area contributed by atoms with Crippen LogP contribution >= 0.6 is 0 Å². The number of hydrogen-bond acceptors (Lipinski definition) is 5. The van der Waals surface area contributed by atoms with Crippen molar-refractivity contribution in [3.63, 3.8) is 0 Å². The Morgan fingerprint density at radius 1 is 1.19 bits per heavy atom. The average Bonchev–Trinajstić information content (AvgIpc) is 3.21. The van der Waals surface area contributed by atoms with E-state index >= 15 is 0 Å². The van der Waals surface area contributed by atoms with E-state index in [1.807, 2.05) is 24.3 Å². The van der Waals surface area contributed by atoms with Gasteiger partial charge < -0.3 is 15.0 Å². The molecule has 1 aromatic carbocycles. The molecule has 138 valence electrons. The van der Waals surface area contributed by atoms with Crippen molar-refractivity contribution in [2.45, 2.75) is 39.2 Å². The smallest absolute Gasteiger partial charge is 0.270 e. The van der Waals surface area contributed by atoms with Gasteiger partial charge in [0.05, 0.1) is 7.11 Å². The molecule has 6 nitrogen and oxygen atoms in total. The summed E-state index contributed by atoms with van der Waals surface area (Å²) >= 11 is 0. The van der Waals surface area contributed by atoms with E-state index in [-0.39, 0.29) is 11.8 Å². The van der Waals surface area contributed by atoms with Gasteiger partial charge in [0.15, 0.2) is 0 Å². The molecule has 0 radical (unpaired) electrons. The predicted octanol–water partition coefficient (Wildman–Crippen LogP) is 3.14. The van der Waals surface area contributed by atoms with Crippen LogP contribution in [0.15, 0.2) is 30.3 Å². The molecule has 26 heavy (non-hydrogen) atoms. The van der Waals surface area contributed by atoms with Crippen molar-refractivity contribution < 1.29 is 9.53 Å². The Balaban J connectivity index is 1.74. The fourth-order valence-corrected chi connectivity index (χ4v) is 2.94. The van der Waals surface area contributed by atoms with Crippen molar-refractivity contribution in [1.82, 2.24) is 15.3 Å². The topological polar surface area (TPSA) is 67.3 Å². The van der Waals surface area contributed by atoms with E-state index in [0.717, 1.165) is 42.9 Å². The monoisotopic (exact) mass is 354 g/mol. The zero-order valence-corrected chi connectivity index (χ0v) is 15.7. The standard InChI is InChI=1S/C20H26N4O2/c1-14(2)17-12-18(23-20(22-17)24-10-4-5-11-24)19(25)21-13-15-6-8-16(26-3)9-7-15/h6-9,12,14H,4-5,10-11,13H2,1-3H3,(H,21,25). The van der Waals surface area contributed by atoms with E-state index in [1.165, 1.54) is 0 Å². The number of benzene rings is 1. The molecule has 1 aliphatic rings. The number of amides is 1. The Morgan fingerprint density at radius 3 is 2.50 bits per heavy atom. The SMILES string of the molecule is COc1ccc(CNC(=O)c2cc(C(C)C)nc(N3CCCC3)n2)cc1. The van der Waals surface area contributed by atoms with Crippen molar-refractivity contribution in [1.29, 1.82) is 0 Å². The van der Waals surface area contributed by atoms with Crippen molar-refractivity contribution >= 4 is 11.9 Å². The summed E-state index contributed by atoms with van der Waals surface area (Å²) < 4.78 is 5.15. The maximum Gasteiger partial charge on any atom is 0.270 e. The van der Waals surface area contributed by atoms with E-state index in [1.54, 1.807) is 13.2 Å². The van der Waals surface area contributed by atoms with Crippen LogP contribution in [0.25, 0.3) is 0 Å². The Labute approximate surface area is 154 Å². The number of nitrogens with zero attached hydrogens (tertiary/aromatic N) is 3. The van der Waals surface area contributed by atoms with E-state index in [0.29, 0.717) is 18.2 Å². The molecule has 1 saturated heterocycles. The van der Waals surface area contributed by atoms with Crippen molar-refractivity contribution in [2.24, 2.45) is 0 Å². The molecule has 2 aromatic rings. The summed E-state index contributed by atoms with van der Waals surface area (Å²) in [5, 5.41) is 2.95. The number of aromatic nitrogens is 2. The molecule has 0 bridgehead atoms. The van der Waals surface area contributed by atoms with Gasteiger partial charge in [0, 0.05) is 25.3 Å². The lowest BCUT2D eigenvalue weighted by Gasteiger charge is -2.18. The molecule has 0 aliphatic carbocycles. The third-order valence-corrected chi connectivity index (χ3v) is 4.56. The van der Waals surface area contributed by atoms with Gasteiger partial charge in [-0.25, -0.2) is 9.97 Å². The molecular formula is C20H26N4O2. The number of rotatable bonds is 6. The fourth-order valence-electron chi connectivity index (χ4n) is 2.94. The summed E-state index contributed by atoms with van der Waals surface area (Å²) in [6.45, 7) is 6.51. The summed E-state index contributed by atoms with van der Waals surface area (Å²) in [7, 11) is 1.64.